The molecule has 2 aromatic heterocycles. The first-order valence-corrected chi connectivity index (χ1v) is 4.77. The zero-order chi connectivity index (χ0) is 10.7. The molecule has 1 N–H and O–H groups in total. The summed E-state index contributed by atoms with van der Waals surface area (Å²) in [6.07, 6.45) is 5.40. The molecule has 2 aromatic rings. The van der Waals surface area contributed by atoms with Crippen molar-refractivity contribution in [3.8, 4) is 0 Å². The Kier molecular flexibility index (Phi) is 2.77. The van der Waals surface area contributed by atoms with Crippen molar-refractivity contribution in [1.82, 2.24) is 29.9 Å². The first-order chi connectivity index (χ1) is 7.25. The number of nitrogens with one attached hydrogen (secondary N) is 1. The van der Waals surface area contributed by atoms with Gasteiger partial charge in [-0.05, 0) is 0 Å². The van der Waals surface area contributed by atoms with Crippen LogP contribution in [0.1, 0.15) is 11.4 Å². The maximum atomic E-state index is 4.12. The number of nitrogens with zero attached hydrogens (tertiary/aromatic N) is 5. The fourth-order valence-corrected chi connectivity index (χ4v) is 1.36. The predicted molar refractivity (Wildman–Crippen MR) is 54.8 cm³/mol. The van der Waals surface area contributed by atoms with E-state index in [1.165, 1.54) is 5.56 Å². The number of rotatable bonds is 4. The molecule has 2 rings (SSSR count). The summed E-state index contributed by atoms with van der Waals surface area (Å²) in [5.74, 6) is 0.930. The van der Waals surface area contributed by atoms with Gasteiger partial charge in [-0.2, -0.15) is 10.2 Å². The minimum Gasteiger partial charge on any atom is -0.306 e. The van der Waals surface area contributed by atoms with Crippen LogP contribution in [0.25, 0.3) is 0 Å². The van der Waals surface area contributed by atoms with Crippen LogP contribution in [0.15, 0.2) is 18.7 Å². The lowest BCUT2D eigenvalue weighted by Gasteiger charge is -2.01. The van der Waals surface area contributed by atoms with Crippen molar-refractivity contribution in [3.63, 3.8) is 0 Å². The van der Waals surface area contributed by atoms with E-state index in [1.54, 1.807) is 15.7 Å². The summed E-state index contributed by atoms with van der Waals surface area (Å²) in [7, 11) is 3.79. The molecule has 0 fully saturated rings. The lowest BCUT2D eigenvalue weighted by molar-refractivity contribution is 0.614. The first-order valence-electron chi connectivity index (χ1n) is 4.77. The molecule has 0 radical (unpaired) electrons. The number of aryl methyl sites for hydroxylation is 2. The van der Waals surface area contributed by atoms with Crippen molar-refractivity contribution in [1.29, 1.82) is 0 Å². The van der Waals surface area contributed by atoms with Crippen LogP contribution in [0.5, 0.6) is 0 Å². The topological polar surface area (TPSA) is 60.6 Å². The van der Waals surface area contributed by atoms with Crippen LogP contribution >= 0.6 is 0 Å². The number of hydrogen-bond donors (Lipinski definition) is 1. The van der Waals surface area contributed by atoms with Crippen molar-refractivity contribution in [2.24, 2.45) is 14.1 Å². The molecule has 6 nitrogen and oxygen atoms in total. The van der Waals surface area contributed by atoms with Gasteiger partial charge in [-0.1, -0.05) is 0 Å². The Morgan fingerprint density at radius 1 is 1.27 bits per heavy atom. The molecule has 15 heavy (non-hydrogen) atoms. The normalized spacial score (nSPS) is 10.8. The van der Waals surface area contributed by atoms with E-state index in [9.17, 15) is 0 Å². The summed E-state index contributed by atoms with van der Waals surface area (Å²) in [6, 6.07) is 0. The lowest BCUT2D eigenvalue weighted by atomic mass is 10.3. The van der Waals surface area contributed by atoms with Gasteiger partial charge < -0.3 is 5.32 Å². The van der Waals surface area contributed by atoms with Gasteiger partial charge in [0.15, 0.2) is 0 Å². The summed E-state index contributed by atoms with van der Waals surface area (Å²) in [6.45, 7) is 1.51. The highest BCUT2D eigenvalue weighted by atomic mass is 15.3. The molecule has 0 atom stereocenters. The van der Waals surface area contributed by atoms with Crippen LogP contribution in [0.3, 0.4) is 0 Å². The third-order valence-electron chi connectivity index (χ3n) is 2.18. The van der Waals surface area contributed by atoms with Crippen LogP contribution < -0.4 is 5.32 Å². The number of aromatic nitrogens is 5. The van der Waals surface area contributed by atoms with Crippen LogP contribution in [0, 0.1) is 0 Å². The summed E-state index contributed by atoms with van der Waals surface area (Å²) in [5, 5.41) is 11.4. The van der Waals surface area contributed by atoms with E-state index in [4.69, 9.17) is 0 Å². The first kappa shape index (κ1) is 9.85. The minimum atomic E-state index is 0.714. The maximum absolute atomic E-state index is 4.12. The molecule has 0 saturated heterocycles. The predicted octanol–water partition coefficient (Wildman–Crippen LogP) is -0.162. The summed E-state index contributed by atoms with van der Waals surface area (Å²) in [4.78, 5) is 4.12. The Hall–Kier alpha value is -1.69. The van der Waals surface area contributed by atoms with E-state index < -0.39 is 0 Å². The van der Waals surface area contributed by atoms with Gasteiger partial charge in [-0.15, -0.1) is 0 Å². The average Bonchev–Trinajstić information content (AvgIpc) is 2.77. The lowest BCUT2D eigenvalue weighted by Crippen LogP contribution is -2.15. The SMILES string of the molecule is Cn1cc(CNCc2ncnn2C)cn1. The molecule has 2 heterocycles. The molecule has 6 heteroatoms. The van der Waals surface area contributed by atoms with Crippen LogP contribution in [-0.2, 0) is 27.2 Å². The zero-order valence-corrected chi connectivity index (χ0v) is 8.88. The molecule has 0 saturated carbocycles. The standard InChI is InChI=1S/C9H14N6/c1-14-6-8(4-12-14)3-10-5-9-11-7-13-15(9)2/h4,6-7,10H,3,5H2,1-2H3. The molecule has 0 amide bonds. The van der Waals surface area contributed by atoms with Gasteiger partial charge in [-0.3, -0.25) is 9.36 Å². The fourth-order valence-electron chi connectivity index (χ4n) is 1.36. The van der Waals surface area contributed by atoms with Crippen LogP contribution in [0.4, 0.5) is 0 Å². The molecular weight excluding hydrogens is 192 g/mol. The van der Waals surface area contributed by atoms with Crippen molar-refractivity contribution in [2.45, 2.75) is 13.1 Å². The third kappa shape index (κ3) is 2.41. The van der Waals surface area contributed by atoms with Crippen molar-refractivity contribution >= 4 is 0 Å². The molecule has 0 unspecified atom stereocenters. The molecule has 0 aromatic carbocycles. The molecule has 0 aliphatic carbocycles. The smallest absolute Gasteiger partial charge is 0.140 e. The van der Waals surface area contributed by atoms with Crippen LogP contribution in [-0.4, -0.2) is 24.5 Å². The molecule has 80 valence electrons. The largest absolute Gasteiger partial charge is 0.306 e. The highest BCUT2D eigenvalue weighted by Crippen LogP contribution is 1.96. The molecule has 0 aliphatic rings. The van der Waals surface area contributed by atoms with E-state index in [-0.39, 0.29) is 0 Å². The second-order valence-electron chi connectivity index (χ2n) is 3.43. The van der Waals surface area contributed by atoms with Crippen molar-refractivity contribution in [2.75, 3.05) is 0 Å². The monoisotopic (exact) mass is 206 g/mol. The summed E-state index contributed by atoms with van der Waals surface area (Å²) in [5.41, 5.74) is 1.17. The summed E-state index contributed by atoms with van der Waals surface area (Å²) >= 11 is 0. The van der Waals surface area contributed by atoms with E-state index in [0.717, 1.165) is 12.4 Å². The van der Waals surface area contributed by atoms with Gasteiger partial charge in [0.05, 0.1) is 12.7 Å². The van der Waals surface area contributed by atoms with Gasteiger partial charge in [0.1, 0.15) is 12.2 Å². The third-order valence-corrected chi connectivity index (χ3v) is 2.18. The Labute approximate surface area is 87.9 Å². The fraction of sp³-hybridized carbons (Fsp3) is 0.444. The van der Waals surface area contributed by atoms with E-state index >= 15 is 0 Å². The summed E-state index contributed by atoms with van der Waals surface area (Å²) < 4.78 is 3.55. The van der Waals surface area contributed by atoms with Crippen LogP contribution in [0.2, 0.25) is 0 Å². The molecule has 0 spiro atoms. The Balaban J connectivity index is 1.83. The van der Waals surface area contributed by atoms with Crippen molar-refractivity contribution in [3.05, 3.63) is 30.1 Å². The van der Waals surface area contributed by atoms with E-state index in [1.807, 2.05) is 26.5 Å². The van der Waals surface area contributed by atoms with Gasteiger partial charge in [0.25, 0.3) is 0 Å². The zero-order valence-electron chi connectivity index (χ0n) is 8.88. The van der Waals surface area contributed by atoms with Gasteiger partial charge in [0, 0.05) is 32.4 Å². The highest BCUT2D eigenvalue weighted by Gasteiger charge is 2.00. The average molecular weight is 206 g/mol. The second-order valence-corrected chi connectivity index (χ2v) is 3.43. The molecule has 0 bridgehead atoms. The maximum Gasteiger partial charge on any atom is 0.140 e. The minimum absolute atomic E-state index is 0.714. The van der Waals surface area contributed by atoms with Gasteiger partial charge in [-0.25, -0.2) is 4.98 Å². The molecular formula is C9H14N6. The van der Waals surface area contributed by atoms with E-state index in [0.29, 0.717) is 6.54 Å². The number of hydrogen-bond acceptors (Lipinski definition) is 4. The second kappa shape index (κ2) is 4.22. The Bertz CT molecular complexity index is 429. The van der Waals surface area contributed by atoms with Gasteiger partial charge >= 0.3 is 0 Å². The Morgan fingerprint density at radius 2 is 2.13 bits per heavy atom. The van der Waals surface area contributed by atoms with E-state index in [2.05, 4.69) is 20.5 Å². The van der Waals surface area contributed by atoms with Crippen molar-refractivity contribution < 1.29 is 0 Å². The quantitative estimate of drug-likeness (QED) is 0.755. The van der Waals surface area contributed by atoms with Gasteiger partial charge in [0.2, 0.25) is 0 Å². The highest BCUT2D eigenvalue weighted by molar-refractivity contribution is 5.02. The Morgan fingerprint density at radius 3 is 2.73 bits per heavy atom. The molecule has 0 aliphatic heterocycles.